The van der Waals surface area contributed by atoms with Gasteiger partial charge in [0, 0.05) is 17.6 Å². The van der Waals surface area contributed by atoms with Crippen molar-refractivity contribution in [1.82, 2.24) is 10.2 Å². The first-order valence-corrected chi connectivity index (χ1v) is 14.3. The minimum atomic E-state index is -4.13. The minimum Gasteiger partial charge on any atom is -0.497 e. The van der Waals surface area contributed by atoms with Crippen LogP contribution >= 0.6 is 11.6 Å². The molecule has 3 rings (SSSR count). The van der Waals surface area contributed by atoms with Gasteiger partial charge in [-0.3, -0.25) is 13.9 Å². The first kappa shape index (κ1) is 30.0. The van der Waals surface area contributed by atoms with E-state index in [1.54, 1.807) is 74.7 Å². The number of rotatable bonds is 11. The van der Waals surface area contributed by atoms with Crippen LogP contribution in [0.2, 0.25) is 5.02 Å². The lowest BCUT2D eigenvalue weighted by atomic mass is 10.1. The van der Waals surface area contributed by atoms with Gasteiger partial charge in [0.25, 0.3) is 10.0 Å². The maximum absolute atomic E-state index is 13.9. The number of anilines is 1. The largest absolute Gasteiger partial charge is 0.497 e. The van der Waals surface area contributed by atoms with Crippen LogP contribution in [-0.2, 0) is 26.2 Å². The van der Waals surface area contributed by atoms with Gasteiger partial charge in [0.15, 0.2) is 0 Å². The fourth-order valence-electron chi connectivity index (χ4n) is 3.89. The molecule has 208 valence electrons. The molecule has 2 amide bonds. The monoisotopic (exact) mass is 571 g/mol. The number of nitrogens with one attached hydrogen (secondary N) is 1. The first-order valence-electron chi connectivity index (χ1n) is 12.5. The summed E-state index contributed by atoms with van der Waals surface area (Å²) in [6.07, 6.45) is 0. The number of methoxy groups -OCH3 is 1. The fraction of sp³-hybridized carbons (Fsp3) is 0.310. The smallest absolute Gasteiger partial charge is 0.264 e. The second kappa shape index (κ2) is 13.0. The zero-order valence-electron chi connectivity index (χ0n) is 22.7. The summed E-state index contributed by atoms with van der Waals surface area (Å²) in [5.74, 6) is -0.227. The molecule has 0 saturated carbocycles. The Morgan fingerprint density at radius 2 is 1.51 bits per heavy atom. The van der Waals surface area contributed by atoms with Crippen LogP contribution in [0.1, 0.15) is 31.9 Å². The average molecular weight is 572 g/mol. The number of hydrogen-bond acceptors (Lipinski definition) is 5. The van der Waals surface area contributed by atoms with Gasteiger partial charge in [-0.2, -0.15) is 0 Å². The molecular weight excluding hydrogens is 538 g/mol. The van der Waals surface area contributed by atoms with E-state index in [2.05, 4.69) is 5.32 Å². The number of benzene rings is 3. The first-order chi connectivity index (χ1) is 18.4. The fourth-order valence-corrected chi connectivity index (χ4v) is 5.43. The summed E-state index contributed by atoms with van der Waals surface area (Å²) >= 11 is 6.05. The minimum absolute atomic E-state index is 0.0446. The standard InChI is InChI=1S/C29H34ClN3O5S/c1-20(2)31-29(35)22(4)32(18-23-8-14-26(38-5)15-9-23)28(34)19-33(25-12-10-24(30)11-13-25)39(36,37)27-16-6-21(3)7-17-27/h6-17,20,22H,18-19H2,1-5H3,(H,31,35)/t22-/m0/s1. The van der Waals surface area contributed by atoms with Crippen LogP contribution in [0.5, 0.6) is 5.75 Å². The Morgan fingerprint density at radius 3 is 2.05 bits per heavy atom. The maximum atomic E-state index is 13.9. The molecule has 0 saturated heterocycles. The van der Waals surface area contributed by atoms with Gasteiger partial charge in [0.05, 0.1) is 17.7 Å². The SMILES string of the molecule is COc1ccc(CN(C(=O)CN(c2ccc(Cl)cc2)S(=O)(=O)c2ccc(C)cc2)[C@@H](C)C(=O)NC(C)C)cc1. The van der Waals surface area contributed by atoms with Gasteiger partial charge >= 0.3 is 0 Å². The molecule has 0 aliphatic heterocycles. The van der Waals surface area contributed by atoms with Crippen molar-refractivity contribution in [2.75, 3.05) is 18.0 Å². The Balaban J connectivity index is 2.01. The summed E-state index contributed by atoms with van der Waals surface area (Å²) in [7, 11) is -2.57. The average Bonchev–Trinajstić information content (AvgIpc) is 2.90. The Kier molecular flexibility index (Phi) is 9.99. The Morgan fingerprint density at radius 1 is 0.923 bits per heavy atom. The van der Waals surface area contributed by atoms with Crippen LogP contribution < -0.4 is 14.4 Å². The molecular formula is C29H34ClN3O5S. The van der Waals surface area contributed by atoms with E-state index in [1.165, 1.54) is 17.0 Å². The molecule has 8 nitrogen and oxygen atoms in total. The van der Waals surface area contributed by atoms with E-state index in [4.69, 9.17) is 16.3 Å². The zero-order valence-corrected chi connectivity index (χ0v) is 24.3. The van der Waals surface area contributed by atoms with Gasteiger partial charge in [-0.1, -0.05) is 41.4 Å². The second-order valence-corrected chi connectivity index (χ2v) is 11.8. The van der Waals surface area contributed by atoms with Gasteiger partial charge < -0.3 is 15.0 Å². The Hall–Kier alpha value is -3.56. The molecule has 39 heavy (non-hydrogen) atoms. The number of aryl methyl sites for hydroxylation is 1. The van der Waals surface area contributed by atoms with E-state index in [-0.39, 0.29) is 29.1 Å². The van der Waals surface area contributed by atoms with Crippen molar-refractivity contribution in [3.8, 4) is 5.75 Å². The predicted molar refractivity (Wildman–Crippen MR) is 153 cm³/mol. The summed E-state index contributed by atoms with van der Waals surface area (Å²) in [5.41, 5.74) is 1.93. The van der Waals surface area contributed by atoms with E-state index < -0.39 is 28.5 Å². The topological polar surface area (TPSA) is 96.0 Å². The summed E-state index contributed by atoms with van der Waals surface area (Å²) in [4.78, 5) is 28.3. The molecule has 0 radical (unpaired) electrons. The van der Waals surface area contributed by atoms with Crippen LogP contribution in [0.4, 0.5) is 5.69 Å². The van der Waals surface area contributed by atoms with E-state index >= 15 is 0 Å². The molecule has 3 aromatic carbocycles. The molecule has 0 unspecified atom stereocenters. The van der Waals surface area contributed by atoms with Crippen molar-refractivity contribution in [3.63, 3.8) is 0 Å². The number of nitrogens with zero attached hydrogens (tertiary/aromatic N) is 2. The van der Waals surface area contributed by atoms with Crippen molar-refractivity contribution < 1.29 is 22.7 Å². The van der Waals surface area contributed by atoms with Crippen molar-refractivity contribution in [1.29, 1.82) is 0 Å². The van der Waals surface area contributed by atoms with E-state index in [1.807, 2.05) is 20.8 Å². The van der Waals surface area contributed by atoms with Crippen molar-refractivity contribution >= 4 is 39.1 Å². The molecule has 1 atom stereocenters. The number of hydrogen-bond donors (Lipinski definition) is 1. The highest BCUT2D eigenvalue weighted by Gasteiger charge is 2.32. The lowest BCUT2D eigenvalue weighted by Gasteiger charge is -2.32. The van der Waals surface area contributed by atoms with Crippen LogP contribution in [0.25, 0.3) is 0 Å². The van der Waals surface area contributed by atoms with Gasteiger partial charge in [-0.25, -0.2) is 8.42 Å². The third kappa shape index (κ3) is 7.74. The summed E-state index contributed by atoms with van der Waals surface area (Å²) < 4.78 is 33.9. The number of amides is 2. The van der Waals surface area contributed by atoms with Gasteiger partial charge in [0.2, 0.25) is 11.8 Å². The number of halogens is 1. The Bertz CT molecular complexity index is 1380. The maximum Gasteiger partial charge on any atom is 0.264 e. The van der Waals surface area contributed by atoms with Gasteiger partial charge in [-0.05, 0) is 81.8 Å². The quantitative estimate of drug-likeness (QED) is 0.357. The molecule has 0 aliphatic carbocycles. The highest BCUT2D eigenvalue weighted by atomic mass is 35.5. The van der Waals surface area contributed by atoms with Gasteiger partial charge in [0.1, 0.15) is 18.3 Å². The van der Waals surface area contributed by atoms with Crippen LogP contribution in [0, 0.1) is 6.92 Å². The zero-order chi connectivity index (χ0) is 28.7. The van der Waals surface area contributed by atoms with Crippen LogP contribution in [-0.4, -0.2) is 50.9 Å². The van der Waals surface area contributed by atoms with Crippen LogP contribution in [0.3, 0.4) is 0 Å². The molecule has 1 N–H and O–H groups in total. The van der Waals surface area contributed by atoms with Crippen LogP contribution in [0.15, 0.2) is 77.7 Å². The molecule has 0 heterocycles. The molecule has 0 bridgehead atoms. The summed E-state index contributed by atoms with van der Waals surface area (Å²) in [6, 6.07) is 18.7. The third-order valence-electron chi connectivity index (χ3n) is 6.11. The highest BCUT2D eigenvalue weighted by Crippen LogP contribution is 2.26. The molecule has 0 aromatic heterocycles. The van der Waals surface area contributed by atoms with Gasteiger partial charge in [-0.15, -0.1) is 0 Å². The number of carbonyl (C=O) groups excluding carboxylic acids is 2. The number of ether oxygens (including phenoxy) is 1. The second-order valence-electron chi connectivity index (χ2n) is 9.51. The summed E-state index contributed by atoms with van der Waals surface area (Å²) in [5, 5.41) is 3.26. The van der Waals surface area contributed by atoms with E-state index in [0.717, 1.165) is 15.4 Å². The molecule has 0 aliphatic rings. The predicted octanol–water partition coefficient (Wildman–Crippen LogP) is 4.79. The lowest BCUT2D eigenvalue weighted by molar-refractivity contribution is -0.139. The van der Waals surface area contributed by atoms with E-state index in [9.17, 15) is 18.0 Å². The molecule has 0 fully saturated rings. The Labute approximate surface area is 235 Å². The van der Waals surface area contributed by atoms with Crippen molar-refractivity contribution in [2.24, 2.45) is 0 Å². The van der Waals surface area contributed by atoms with Crippen molar-refractivity contribution in [2.45, 2.75) is 51.2 Å². The molecule has 3 aromatic rings. The number of sulfonamides is 1. The summed E-state index contributed by atoms with van der Waals surface area (Å²) in [6.45, 7) is 6.72. The van der Waals surface area contributed by atoms with E-state index in [0.29, 0.717) is 10.8 Å². The number of carbonyl (C=O) groups is 2. The molecule has 0 spiro atoms. The molecule has 10 heteroatoms. The lowest BCUT2D eigenvalue weighted by Crippen LogP contribution is -2.52. The highest BCUT2D eigenvalue weighted by molar-refractivity contribution is 7.92. The third-order valence-corrected chi connectivity index (χ3v) is 8.15. The normalized spacial score (nSPS) is 12.1. The van der Waals surface area contributed by atoms with Crippen molar-refractivity contribution in [3.05, 3.63) is 88.9 Å².